The Labute approximate surface area is 156 Å². The summed E-state index contributed by atoms with van der Waals surface area (Å²) in [5, 5.41) is 2.98. The average Bonchev–Trinajstić information content (AvgIpc) is 3.16. The van der Waals surface area contributed by atoms with Crippen molar-refractivity contribution in [2.75, 3.05) is 26.2 Å². The maximum atomic E-state index is 14.7. The summed E-state index contributed by atoms with van der Waals surface area (Å²) in [6, 6.07) is 14.7. The zero-order chi connectivity index (χ0) is 18.4. The number of nitrogens with one attached hydrogen (secondary N) is 1. The van der Waals surface area contributed by atoms with Crippen LogP contribution in [-0.2, 0) is 11.2 Å². The first kappa shape index (κ1) is 16.7. The zero-order valence-electron chi connectivity index (χ0n) is 14.9. The fraction of sp³-hybridized carbons (Fsp3) is 0.381. The van der Waals surface area contributed by atoms with Crippen LogP contribution < -0.4 is 5.32 Å². The van der Waals surface area contributed by atoms with Crippen LogP contribution in [0.4, 0.5) is 8.78 Å². The molecule has 0 saturated carbocycles. The maximum Gasteiger partial charge on any atom is 0.288 e. The molecule has 0 aliphatic carbocycles. The van der Waals surface area contributed by atoms with Gasteiger partial charge in [0.2, 0.25) is 0 Å². The second-order valence-corrected chi connectivity index (χ2v) is 7.47. The fourth-order valence-corrected chi connectivity index (χ4v) is 4.16. The number of hydrogen-bond donors (Lipinski definition) is 1. The highest BCUT2D eigenvalue weighted by Gasteiger charge is 2.48. The Balaban J connectivity index is 1.53. The average molecular weight is 369 g/mol. The number of amidine groups is 1. The third-order valence-corrected chi connectivity index (χ3v) is 5.79. The molecule has 2 aromatic rings. The lowest BCUT2D eigenvalue weighted by Crippen LogP contribution is -2.62. The van der Waals surface area contributed by atoms with Gasteiger partial charge < -0.3 is 15.0 Å². The van der Waals surface area contributed by atoms with Crippen LogP contribution in [0.5, 0.6) is 0 Å². The van der Waals surface area contributed by atoms with Gasteiger partial charge in [-0.3, -0.25) is 0 Å². The number of halogens is 2. The third-order valence-electron chi connectivity index (χ3n) is 5.79. The van der Waals surface area contributed by atoms with Crippen LogP contribution in [0.3, 0.4) is 0 Å². The van der Waals surface area contributed by atoms with Crippen LogP contribution in [0.15, 0.2) is 53.5 Å². The molecule has 1 N–H and O–H groups in total. The first-order valence-electron chi connectivity index (χ1n) is 9.34. The van der Waals surface area contributed by atoms with Crippen molar-refractivity contribution in [3.05, 3.63) is 71.0 Å². The summed E-state index contributed by atoms with van der Waals surface area (Å²) in [6.07, 6.45) is 0.864. The number of hydrogen-bond acceptors (Lipinski definition) is 4. The highest BCUT2D eigenvalue weighted by atomic mass is 19.1. The Morgan fingerprint density at radius 3 is 2.63 bits per heavy atom. The van der Waals surface area contributed by atoms with Crippen LogP contribution in [0.25, 0.3) is 0 Å². The molecule has 3 aliphatic heterocycles. The molecule has 1 fully saturated rings. The normalized spacial score (nSPS) is 26.0. The predicted octanol–water partition coefficient (Wildman–Crippen LogP) is 2.84. The number of nitrogens with zero attached hydrogens (tertiary/aromatic N) is 2. The molecule has 1 unspecified atom stereocenters. The SMILES string of the molecule is Fc1ccc([C@H]2c3ccccc3CCN2C2=NC(C3(F)CNC3)CO2)cc1. The molecule has 27 heavy (non-hydrogen) atoms. The van der Waals surface area contributed by atoms with Crippen LogP contribution in [-0.4, -0.2) is 48.9 Å². The van der Waals surface area contributed by atoms with Gasteiger partial charge in [0.1, 0.15) is 18.5 Å². The molecule has 0 bridgehead atoms. The van der Waals surface area contributed by atoms with E-state index in [0.717, 1.165) is 24.1 Å². The van der Waals surface area contributed by atoms with E-state index in [-0.39, 0.29) is 18.5 Å². The van der Waals surface area contributed by atoms with E-state index in [9.17, 15) is 8.78 Å². The second-order valence-electron chi connectivity index (χ2n) is 7.47. The van der Waals surface area contributed by atoms with Gasteiger partial charge in [0.05, 0.1) is 6.04 Å². The summed E-state index contributed by atoms with van der Waals surface area (Å²) < 4.78 is 34.1. The van der Waals surface area contributed by atoms with Gasteiger partial charge in [0.15, 0.2) is 5.67 Å². The minimum Gasteiger partial charge on any atom is -0.463 e. The summed E-state index contributed by atoms with van der Waals surface area (Å²) in [7, 11) is 0. The Morgan fingerprint density at radius 2 is 1.89 bits per heavy atom. The minimum atomic E-state index is -1.32. The van der Waals surface area contributed by atoms with E-state index in [2.05, 4.69) is 27.3 Å². The molecule has 3 heterocycles. The zero-order valence-corrected chi connectivity index (χ0v) is 14.9. The van der Waals surface area contributed by atoms with Gasteiger partial charge in [-0.2, -0.15) is 0 Å². The van der Waals surface area contributed by atoms with Crippen molar-refractivity contribution in [3.8, 4) is 0 Å². The standard InChI is InChI=1S/C21H21F2N3O/c22-16-7-5-15(6-8-16)19-17-4-2-1-3-14(17)9-10-26(19)20-25-18(11-27-20)21(23)12-24-13-21/h1-8,18-19,24H,9-13H2/t18?,19-/m0/s1. The number of benzene rings is 2. The van der Waals surface area contributed by atoms with Crippen LogP contribution in [0.1, 0.15) is 22.7 Å². The predicted molar refractivity (Wildman–Crippen MR) is 99.0 cm³/mol. The van der Waals surface area contributed by atoms with Crippen molar-refractivity contribution in [2.24, 2.45) is 4.99 Å². The second kappa shape index (κ2) is 6.30. The van der Waals surface area contributed by atoms with E-state index in [1.807, 2.05) is 12.1 Å². The van der Waals surface area contributed by atoms with Gasteiger partial charge in [0, 0.05) is 19.6 Å². The smallest absolute Gasteiger partial charge is 0.288 e. The summed E-state index contributed by atoms with van der Waals surface area (Å²) in [4.78, 5) is 6.69. The van der Waals surface area contributed by atoms with E-state index in [1.165, 1.54) is 17.7 Å². The van der Waals surface area contributed by atoms with Gasteiger partial charge in [-0.25, -0.2) is 13.8 Å². The molecule has 0 radical (unpaired) electrons. The quantitative estimate of drug-likeness (QED) is 0.885. The van der Waals surface area contributed by atoms with E-state index in [4.69, 9.17) is 4.74 Å². The van der Waals surface area contributed by atoms with Crippen molar-refractivity contribution in [1.29, 1.82) is 0 Å². The summed E-state index contributed by atoms with van der Waals surface area (Å²) in [5.74, 6) is -0.263. The summed E-state index contributed by atoms with van der Waals surface area (Å²) >= 11 is 0. The number of ether oxygens (including phenoxy) is 1. The number of aliphatic imine (C=N–C) groups is 1. The molecule has 0 aromatic heterocycles. The number of alkyl halides is 1. The Hall–Kier alpha value is -2.47. The van der Waals surface area contributed by atoms with Gasteiger partial charge in [-0.15, -0.1) is 0 Å². The number of fused-ring (bicyclic) bond motifs is 1. The third kappa shape index (κ3) is 2.79. The number of rotatable bonds is 2. The van der Waals surface area contributed by atoms with Crippen molar-refractivity contribution in [1.82, 2.24) is 10.2 Å². The molecule has 4 nitrogen and oxygen atoms in total. The fourth-order valence-electron chi connectivity index (χ4n) is 4.16. The lowest BCUT2D eigenvalue weighted by molar-refractivity contribution is 0.0498. The molecule has 0 spiro atoms. The monoisotopic (exact) mass is 369 g/mol. The van der Waals surface area contributed by atoms with E-state index >= 15 is 0 Å². The Bertz CT molecular complexity index is 879. The molecular weight excluding hydrogens is 348 g/mol. The maximum absolute atomic E-state index is 14.7. The molecular formula is C21H21F2N3O. The molecule has 0 amide bonds. The lowest BCUT2D eigenvalue weighted by Gasteiger charge is -2.38. The van der Waals surface area contributed by atoms with Gasteiger partial charge >= 0.3 is 0 Å². The van der Waals surface area contributed by atoms with Crippen molar-refractivity contribution >= 4 is 6.02 Å². The molecule has 140 valence electrons. The lowest BCUT2D eigenvalue weighted by atomic mass is 9.88. The van der Waals surface area contributed by atoms with Crippen molar-refractivity contribution < 1.29 is 13.5 Å². The molecule has 2 aromatic carbocycles. The van der Waals surface area contributed by atoms with E-state index in [1.54, 1.807) is 12.1 Å². The summed E-state index contributed by atoms with van der Waals surface area (Å²) in [6.45, 7) is 1.63. The highest BCUT2D eigenvalue weighted by Crippen LogP contribution is 2.37. The Morgan fingerprint density at radius 1 is 1.11 bits per heavy atom. The Kier molecular flexibility index (Phi) is 3.90. The molecule has 2 atom stereocenters. The molecule has 6 heteroatoms. The highest BCUT2D eigenvalue weighted by molar-refractivity contribution is 5.77. The summed E-state index contributed by atoms with van der Waals surface area (Å²) in [5.41, 5.74) is 2.08. The molecule has 1 saturated heterocycles. The first-order chi connectivity index (χ1) is 13.1. The van der Waals surface area contributed by atoms with Gasteiger partial charge in [-0.05, 0) is 35.2 Å². The van der Waals surface area contributed by atoms with Gasteiger partial charge in [-0.1, -0.05) is 36.4 Å². The van der Waals surface area contributed by atoms with E-state index < -0.39 is 11.7 Å². The van der Waals surface area contributed by atoms with E-state index in [0.29, 0.717) is 19.1 Å². The van der Waals surface area contributed by atoms with Crippen LogP contribution >= 0.6 is 0 Å². The minimum absolute atomic E-state index is 0.122. The molecule has 3 aliphatic rings. The molecule has 5 rings (SSSR count). The van der Waals surface area contributed by atoms with Crippen LogP contribution in [0.2, 0.25) is 0 Å². The van der Waals surface area contributed by atoms with Gasteiger partial charge in [0.25, 0.3) is 6.02 Å². The first-order valence-corrected chi connectivity index (χ1v) is 9.34. The largest absolute Gasteiger partial charge is 0.463 e. The van der Waals surface area contributed by atoms with Crippen molar-refractivity contribution in [3.63, 3.8) is 0 Å². The van der Waals surface area contributed by atoms with Crippen molar-refractivity contribution in [2.45, 2.75) is 24.2 Å². The van der Waals surface area contributed by atoms with Crippen LogP contribution in [0, 0.1) is 5.82 Å². The topological polar surface area (TPSA) is 36.9 Å².